The van der Waals surface area contributed by atoms with Crippen LogP contribution in [0.3, 0.4) is 0 Å². The first-order valence-corrected chi connectivity index (χ1v) is 7.39. The Morgan fingerprint density at radius 2 is 1.83 bits per heavy atom. The molecule has 0 unspecified atom stereocenters. The summed E-state index contributed by atoms with van der Waals surface area (Å²) in [5, 5.41) is 5.55. The second-order valence-electron chi connectivity index (χ2n) is 5.24. The average Bonchev–Trinajstić information content (AvgIpc) is 2.49. The Kier molecular flexibility index (Phi) is 8.64. The third-order valence-corrected chi connectivity index (χ3v) is 3.99. The summed E-state index contributed by atoms with van der Waals surface area (Å²) >= 11 is 0. The van der Waals surface area contributed by atoms with Crippen LogP contribution in [0, 0.1) is 5.41 Å². The quantitative estimate of drug-likeness (QED) is 0.709. The molecule has 0 spiro atoms. The van der Waals surface area contributed by atoms with Crippen LogP contribution in [0.4, 0.5) is 11.4 Å². The van der Waals surface area contributed by atoms with Crippen molar-refractivity contribution in [1.82, 2.24) is 0 Å². The van der Waals surface area contributed by atoms with E-state index in [9.17, 15) is 9.59 Å². The van der Waals surface area contributed by atoms with Crippen molar-refractivity contribution in [2.75, 3.05) is 24.3 Å². The monoisotopic (exact) mass is 343 g/mol. The first-order chi connectivity index (χ1) is 10.4. The summed E-state index contributed by atoms with van der Waals surface area (Å²) in [5.41, 5.74) is 6.32. The molecule has 0 aliphatic heterocycles. The number of rotatable bonds is 7. The number of nitrogens with two attached hydrogens (primary N) is 1. The van der Waals surface area contributed by atoms with Crippen molar-refractivity contribution in [3.05, 3.63) is 18.2 Å². The second kappa shape index (κ2) is 9.37. The zero-order chi connectivity index (χ0) is 16.8. The molecule has 6 nitrogen and oxygen atoms in total. The number of amides is 2. The Morgan fingerprint density at radius 1 is 1.22 bits per heavy atom. The summed E-state index contributed by atoms with van der Waals surface area (Å²) in [5.74, 6) is 0.211. The molecule has 2 amide bonds. The van der Waals surface area contributed by atoms with Crippen LogP contribution in [0.5, 0.6) is 5.75 Å². The van der Waals surface area contributed by atoms with E-state index in [0.29, 0.717) is 36.5 Å². The van der Waals surface area contributed by atoms with E-state index in [1.54, 1.807) is 18.2 Å². The zero-order valence-corrected chi connectivity index (χ0v) is 14.9. The lowest BCUT2D eigenvalue weighted by atomic mass is 9.81. The van der Waals surface area contributed by atoms with Gasteiger partial charge in [-0.1, -0.05) is 13.8 Å². The molecule has 130 valence electrons. The van der Waals surface area contributed by atoms with Crippen LogP contribution >= 0.6 is 12.4 Å². The third kappa shape index (κ3) is 5.11. The Balaban J connectivity index is 0.00000484. The summed E-state index contributed by atoms with van der Waals surface area (Å²) in [4.78, 5) is 23.7. The smallest absolute Gasteiger partial charge is 0.231 e. The van der Waals surface area contributed by atoms with Crippen LogP contribution in [-0.2, 0) is 9.59 Å². The predicted molar refractivity (Wildman–Crippen MR) is 95.2 cm³/mol. The van der Waals surface area contributed by atoms with Crippen LogP contribution in [0.15, 0.2) is 18.2 Å². The molecule has 0 aliphatic rings. The van der Waals surface area contributed by atoms with Gasteiger partial charge in [0.05, 0.1) is 18.2 Å². The van der Waals surface area contributed by atoms with Crippen LogP contribution < -0.4 is 21.1 Å². The number of halogens is 1. The maximum Gasteiger partial charge on any atom is 0.231 e. The van der Waals surface area contributed by atoms with E-state index in [0.717, 1.165) is 0 Å². The molecule has 0 atom stereocenters. The van der Waals surface area contributed by atoms with E-state index in [1.807, 2.05) is 13.8 Å². The third-order valence-electron chi connectivity index (χ3n) is 3.99. The highest BCUT2D eigenvalue weighted by Crippen LogP contribution is 2.30. The first kappa shape index (κ1) is 21.2. The van der Waals surface area contributed by atoms with Crippen molar-refractivity contribution >= 4 is 35.6 Å². The van der Waals surface area contributed by atoms with Gasteiger partial charge in [0, 0.05) is 19.2 Å². The van der Waals surface area contributed by atoms with Crippen molar-refractivity contribution in [2.45, 2.75) is 33.6 Å². The van der Waals surface area contributed by atoms with E-state index >= 15 is 0 Å². The number of anilines is 2. The molecule has 0 fully saturated rings. The number of hydrogen-bond acceptors (Lipinski definition) is 4. The molecule has 7 heteroatoms. The second-order valence-corrected chi connectivity index (χ2v) is 5.24. The number of methoxy groups -OCH3 is 1. The largest absolute Gasteiger partial charge is 0.495 e. The normalized spacial score (nSPS) is 10.5. The topological polar surface area (TPSA) is 93.5 Å². The van der Waals surface area contributed by atoms with Crippen molar-refractivity contribution < 1.29 is 14.3 Å². The van der Waals surface area contributed by atoms with Gasteiger partial charge in [0.1, 0.15) is 5.75 Å². The van der Waals surface area contributed by atoms with E-state index in [1.165, 1.54) is 14.0 Å². The Bertz CT molecular complexity index is 537. The van der Waals surface area contributed by atoms with Gasteiger partial charge in [-0.2, -0.15) is 0 Å². The first-order valence-electron chi connectivity index (χ1n) is 7.39. The number of carbonyl (C=O) groups excluding carboxylic acids is 2. The Labute approximate surface area is 143 Å². The summed E-state index contributed by atoms with van der Waals surface area (Å²) in [6.07, 6.45) is 1.33. The molecule has 0 aromatic heterocycles. The number of benzene rings is 1. The molecule has 1 aromatic rings. The van der Waals surface area contributed by atoms with Crippen molar-refractivity contribution in [3.63, 3.8) is 0 Å². The molecule has 1 rings (SSSR count). The molecule has 4 N–H and O–H groups in total. The highest BCUT2D eigenvalue weighted by molar-refractivity contribution is 5.97. The van der Waals surface area contributed by atoms with Gasteiger partial charge in [-0.3, -0.25) is 9.59 Å². The minimum atomic E-state index is -0.575. The minimum absolute atomic E-state index is 0. The number of hydrogen-bond donors (Lipinski definition) is 3. The molecule has 0 saturated carbocycles. The van der Waals surface area contributed by atoms with E-state index in [2.05, 4.69) is 10.6 Å². The average molecular weight is 344 g/mol. The molecule has 0 radical (unpaired) electrons. The SMILES string of the molecule is CCC(CC)(CN)C(=O)Nc1ccc(OC)c(NC(C)=O)c1.Cl. The zero-order valence-electron chi connectivity index (χ0n) is 14.1. The van der Waals surface area contributed by atoms with Crippen LogP contribution in [-0.4, -0.2) is 25.5 Å². The number of nitrogens with one attached hydrogen (secondary N) is 2. The molecule has 0 saturated heterocycles. The van der Waals surface area contributed by atoms with E-state index in [4.69, 9.17) is 10.5 Å². The molecule has 0 heterocycles. The van der Waals surface area contributed by atoms with Crippen molar-refractivity contribution in [2.24, 2.45) is 11.1 Å². The summed E-state index contributed by atoms with van der Waals surface area (Å²) < 4.78 is 5.19. The molecule has 23 heavy (non-hydrogen) atoms. The molecule has 0 aliphatic carbocycles. The lowest BCUT2D eigenvalue weighted by Crippen LogP contribution is -2.41. The van der Waals surface area contributed by atoms with Crippen LogP contribution in [0.25, 0.3) is 0 Å². The highest BCUT2D eigenvalue weighted by atomic mass is 35.5. The molecular formula is C16H26ClN3O3. The molecule has 1 aromatic carbocycles. The Hall–Kier alpha value is -1.79. The lowest BCUT2D eigenvalue weighted by molar-refractivity contribution is -0.125. The van der Waals surface area contributed by atoms with Gasteiger partial charge in [-0.25, -0.2) is 0 Å². The lowest BCUT2D eigenvalue weighted by Gasteiger charge is -2.28. The standard InChI is InChI=1S/C16H25N3O3.ClH/c1-5-16(6-2,10-17)15(21)19-12-7-8-14(22-4)13(9-12)18-11(3)20;/h7-9H,5-6,10,17H2,1-4H3,(H,18,20)(H,19,21);1H. The molecular weight excluding hydrogens is 318 g/mol. The van der Waals surface area contributed by atoms with Gasteiger partial charge in [0.2, 0.25) is 11.8 Å². The van der Waals surface area contributed by atoms with E-state index in [-0.39, 0.29) is 24.2 Å². The predicted octanol–water partition coefficient (Wildman–Crippen LogP) is 2.78. The Morgan fingerprint density at radius 3 is 2.26 bits per heavy atom. The van der Waals surface area contributed by atoms with Gasteiger partial charge < -0.3 is 21.1 Å². The van der Waals surface area contributed by atoms with E-state index < -0.39 is 5.41 Å². The summed E-state index contributed by atoms with van der Waals surface area (Å²) in [6.45, 7) is 5.61. The number of carbonyl (C=O) groups is 2. The highest BCUT2D eigenvalue weighted by Gasteiger charge is 2.33. The van der Waals surface area contributed by atoms with Gasteiger partial charge in [-0.15, -0.1) is 12.4 Å². The minimum Gasteiger partial charge on any atom is -0.495 e. The van der Waals surface area contributed by atoms with Crippen LogP contribution in [0.2, 0.25) is 0 Å². The van der Waals surface area contributed by atoms with Crippen molar-refractivity contribution in [1.29, 1.82) is 0 Å². The van der Waals surface area contributed by atoms with Crippen molar-refractivity contribution in [3.8, 4) is 5.75 Å². The van der Waals surface area contributed by atoms with Gasteiger partial charge in [0.25, 0.3) is 0 Å². The fraction of sp³-hybridized carbons (Fsp3) is 0.500. The number of ether oxygens (including phenoxy) is 1. The fourth-order valence-corrected chi connectivity index (χ4v) is 2.29. The summed E-state index contributed by atoms with van der Waals surface area (Å²) in [7, 11) is 1.52. The van der Waals surface area contributed by atoms with Gasteiger partial charge in [-0.05, 0) is 31.0 Å². The maximum absolute atomic E-state index is 12.5. The van der Waals surface area contributed by atoms with Crippen LogP contribution in [0.1, 0.15) is 33.6 Å². The van der Waals surface area contributed by atoms with Gasteiger partial charge in [0.15, 0.2) is 0 Å². The van der Waals surface area contributed by atoms with Gasteiger partial charge >= 0.3 is 0 Å². The maximum atomic E-state index is 12.5. The molecule has 0 bridgehead atoms. The fourth-order valence-electron chi connectivity index (χ4n) is 2.29. The summed E-state index contributed by atoms with van der Waals surface area (Å²) in [6, 6.07) is 5.10.